The summed E-state index contributed by atoms with van der Waals surface area (Å²) in [7, 11) is 0. The summed E-state index contributed by atoms with van der Waals surface area (Å²) in [6.45, 7) is 1.73. The Kier molecular flexibility index (Phi) is 0.990. The van der Waals surface area contributed by atoms with E-state index in [1.165, 1.54) is 0 Å². The highest BCUT2D eigenvalue weighted by Crippen LogP contribution is 2.23. The summed E-state index contributed by atoms with van der Waals surface area (Å²) in [5.74, 6) is 0.250. The van der Waals surface area contributed by atoms with E-state index in [1.54, 1.807) is 4.90 Å². The Hall–Kier alpha value is -0.570. The molecule has 1 atom stereocenters. The molecular weight excluding hydrogens is 118 g/mol. The number of β-lactam (4-membered cyclic amide) rings is 1. The van der Waals surface area contributed by atoms with Crippen LogP contribution in [0, 0.1) is 0 Å². The van der Waals surface area contributed by atoms with E-state index < -0.39 is 0 Å². The second-order valence-electron chi connectivity index (χ2n) is 2.47. The predicted octanol–water partition coefficient (Wildman–Crippen LogP) is -0.0349. The van der Waals surface area contributed by atoms with Crippen molar-refractivity contribution >= 4 is 5.91 Å². The third kappa shape index (κ3) is 0.645. The first-order valence-electron chi connectivity index (χ1n) is 3.29. The van der Waals surface area contributed by atoms with Gasteiger partial charge in [-0.3, -0.25) is 4.79 Å². The van der Waals surface area contributed by atoms with E-state index in [0.29, 0.717) is 6.42 Å². The lowest BCUT2D eigenvalue weighted by Crippen LogP contribution is -2.56. The van der Waals surface area contributed by atoms with Gasteiger partial charge in [0.25, 0.3) is 0 Å². The summed E-state index contributed by atoms with van der Waals surface area (Å²) in [6.07, 6.45) is 1.76. The standard InChI is InChI=1S/C6H9NO2/c8-5-4-6-7(5)2-1-3-9-6/h6H,1-4H2. The molecule has 3 heteroatoms. The molecule has 2 aliphatic heterocycles. The van der Waals surface area contributed by atoms with Crippen LogP contribution in [0.1, 0.15) is 12.8 Å². The number of amides is 1. The molecule has 2 rings (SSSR count). The lowest BCUT2D eigenvalue weighted by atomic mass is 10.1. The first-order valence-corrected chi connectivity index (χ1v) is 3.29. The van der Waals surface area contributed by atoms with E-state index in [4.69, 9.17) is 4.74 Å². The first kappa shape index (κ1) is 5.23. The number of nitrogens with zero attached hydrogens (tertiary/aromatic N) is 1. The van der Waals surface area contributed by atoms with Gasteiger partial charge in [0.15, 0.2) is 0 Å². The zero-order valence-corrected chi connectivity index (χ0v) is 5.17. The maximum Gasteiger partial charge on any atom is 0.229 e. The second kappa shape index (κ2) is 1.70. The number of carbonyl (C=O) groups is 1. The maximum atomic E-state index is 10.7. The van der Waals surface area contributed by atoms with E-state index in [1.807, 2.05) is 0 Å². The van der Waals surface area contributed by atoms with Gasteiger partial charge >= 0.3 is 0 Å². The van der Waals surface area contributed by atoms with Crippen LogP contribution < -0.4 is 0 Å². The van der Waals surface area contributed by atoms with Crippen LogP contribution in [0.4, 0.5) is 0 Å². The molecule has 2 saturated heterocycles. The lowest BCUT2D eigenvalue weighted by molar-refractivity contribution is -0.185. The molecular formula is C6H9NO2. The molecule has 0 spiro atoms. The van der Waals surface area contributed by atoms with Crippen molar-refractivity contribution in [2.45, 2.75) is 19.1 Å². The Labute approximate surface area is 53.6 Å². The van der Waals surface area contributed by atoms with Gasteiger partial charge in [0.05, 0.1) is 13.0 Å². The van der Waals surface area contributed by atoms with E-state index in [9.17, 15) is 4.79 Å². The van der Waals surface area contributed by atoms with Crippen LogP contribution in [0.2, 0.25) is 0 Å². The third-order valence-electron chi connectivity index (χ3n) is 1.87. The summed E-state index contributed by atoms with van der Waals surface area (Å²) in [5, 5.41) is 0. The lowest BCUT2D eigenvalue weighted by Gasteiger charge is -2.43. The molecule has 2 fully saturated rings. The Balaban J connectivity index is 2.01. The van der Waals surface area contributed by atoms with Gasteiger partial charge in [-0.25, -0.2) is 0 Å². The monoisotopic (exact) mass is 127 g/mol. The van der Waals surface area contributed by atoms with Crippen molar-refractivity contribution in [3.8, 4) is 0 Å². The van der Waals surface area contributed by atoms with Gasteiger partial charge < -0.3 is 9.64 Å². The summed E-state index contributed by atoms with van der Waals surface area (Å²) in [5.41, 5.74) is 0. The summed E-state index contributed by atoms with van der Waals surface area (Å²) in [6, 6.07) is 0. The van der Waals surface area contributed by atoms with Crippen LogP contribution in [-0.4, -0.2) is 30.2 Å². The molecule has 50 valence electrons. The van der Waals surface area contributed by atoms with Crippen molar-refractivity contribution in [2.24, 2.45) is 0 Å². The SMILES string of the molecule is O=C1CC2OCCCN12. The average Bonchev–Trinajstić information content (AvgIpc) is 1.86. The van der Waals surface area contributed by atoms with Crippen LogP contribution >= 0.6 is 0 Å². The highest BCUT2D eigenvalue weighted by Gasteiger charge is 2.38. The molecule has 1 unspecified atom stereocenters. The molecule has 3 nitrogen and oxygen atoms in total. The molecule has 0 aromatic carbocycles. The minimum Gasteiger partial charge on any atom is -0.358 e. The largest absolute Gasteiger partial charge is 0.358 e. The van der Waals surface area contributed by atoms with E-state index in [-0.39, 0.29) is 12.1 Å². The quantitative estimate of drug-likeness (QED) is 0.427. The molecule has 9 heavy (non-hydrogen) atoms. The highest BCUT2D eigenvalue weighted by atomic mass is 16.5. The van der Waals surface area contributed by atoms with Crippen LogP contribution in [0.25, 0.3) is 0 Å². The minimum atomic E-state index is 0.145. The molecule has 0 bridgehead atoms. The number of rotatable bonds is 0. The first-order chi connectivity index (χ1) is 4.38. The smallest absolute Gasteiger partial charge is 0.229 e. The Bertz CT molecular complexity index is 146. The molecule has 0 saturated carbocycles. The second-order valence-corrected chi connectivity index (χ2v) is 2.47. The molecule has 0 radical (unpaired) electrons. The van der Waals surface area contributed by atoms with Gasteiger partial charge in [0.2, 0.25) is 5.91 Å². The molecule has 0 aromatic heterocycles. The molecule has 2 aliphatic rings. The highest BCUT2D eigenvalue weighted by molar-refractivity contribution is 5.82. The Morgan fingerprint density at radius 2 is 2.56 bits per heavy atom. The van der Waals surface area contributed by atoms with Gasteiger partial charge in [-0.05, 0) is 6.42 Å². The zero-order chi connectivity index (χ0) is 6.27. The van der Waals surface area contributed by atoms with Crippen LogP contribution in [0.5, 0.6) is 0 Å². The molecule has 2 heterocycles. The zero-order valence-electron chi connectivity index (χ0n) is 5.17. The predicted molar refractivity (Wildman–Crippen MR) is 30.7 cm³/mol. The minimum absolute atomic E-state index is 0.145. The van der Waals surface area contributed by atoms with E-state index in [0.717, 1.165) is 19.6 Å². The van der Waals surface area contributed by atoms with Crippen molar-refractivity contribution in [1.82, 2.24) is 4.90 Å². The average molecular weight is 127 g/mol. The molecule has 1 amide bonds. The fourth-order valence-electron chi connectivity index (χ4n) is 1.30. The van der Waals surface area contributed by atoms with Crippen molar-refractivity contribution in [3.63, 3.8) is 0 Å². The van der Waals surface area contributed by atoms with E-state index >= 15 is 0 Å². The van der Waals surface area contributed by atoms with E-state index in [2.05, 4.69) is 0 Å². The van der Waals surface area contributed by atoms with Crippen molar-refractivity contribution < 1.29 is 9.53 Å². The summed E-state index contributed by atoms with van der Waals surface area (Å²) < 4.78 is 5.25. The van der Waals surface area contributed by atoms with Crippen LogP contribution in [0.15, 0.2) is 0 Å². The van der Waals surface area contributed by atoms with Gasteiger partial charge in [0, 0.05) is 6.54 Å². The third-order valence-corrected chi connectivity index (χ3v) is 1.87. The summed E-state index contributed by atoms with van der Waals surface area (Å²) >= 11 is 0. The van der Waals surface area contributed by atoms with Crippen molar-refractivity contribution in [1.29, 1.82) is 0 Å². The normalized spacial score (nSPS) is 33.6. The maximum absolute atomic E-state index is 10.7. The van der Waals surface area contributed by atoms with Gasteiger partial charge in [-0.15, -0.1) is 0 Å². The number of hydrogen-bond acceptors (Lipinski definition) is 2. The number of ether oxygens (including phenoxy) is 1. The number of hydrogen-bond donors (Lipinski definition) is 0. The van der Waals surface area contributed by atoms with Crippen LogP contribution in [0.3, 0.4) is 0 Å². The van der Waals surface area contributed by atoms with Crippen LogP contribution in [-0.2, 0) is 9.53 Å². The Morgan fingerprint density at radius 3 is 3.11 bits per heavy atom. The number of fused-ring (bicyclic) bond motifs is 1. The fourth-order valence-corrected chi connectivity index (χ4v) is 1.30. The topological polar surface area (TPSA) is 29.5 Å². The number of carbonyl (C=O) groups excluding carboxylic acids is 1. The fraction of sp³-hybridized carbons (Fsp3) is 0.833. The molecule has 0 aromatic rings. The Morgan fingerprint density at radius 1 is 1.67 bits per heavy atom. The van der Waals surface area contributed by atoms with Crippen molar-refractivity contribution in [3.05, 3.63) is 0 Å². The van der Waals surface area contributed by atoms with Crippen molar-refractivity contribution in [2.75, 3.05) is 13.2 Å². The van der Waals surface area contributed by atoms with Gasteiger partial charge in [-0.2, -0.15) is 0 Å². The van der Waals surface area contributed by atoms with Gasteiger partial charge in [0.1, 0.15) is 6.23 Å². The molecule has 0 aliphatic carbocycles. The summed E-state index contributed by atoms with van der Waals surface area (Å²) in [4.78, 5) is 12.5. The van der Waals surface area contributed by atoms with Gasteiger partial charge in [-0.1, -0.05) is 0 Å². The molecule has 0 N–H and O–H groups in total.